The lowest BCUT2D eigenvalue weighted by atomic mass is 10.2. The predicted molar refractivity (Wildman–Crippen MR) is 45.5 cm³/mol. The molecule has 1 aliphatic heterocycles. The average Bonchev–Trinajstić information content (AvgIpc) is 2.67. The van der Waals surface area contributed by atoms with Crippen molar-refractivity contribution in [1.29, 1.82) is 0 Å². The molecule has 1 atom stereocenters. The van der Waals surface area contributed by atoms with Crippen LogP contribution in [-0.4, -0.2) is 6.29 Å². The standard InChI is InChI=1S/C10H8O3/c11-6-9-7-12-10(13-9)8-4-2-1-3-5-8/h1-7,10H. The van der Waals surface area contributed by atoms with E-state index in [4.69, 9.17) is 9.47 Å². The number of benzene rings is 1. The Balaban J connectivity index is 2.11. The van der Waals surface area contributed by atoms with Crippen LogP contribution in [0.2, 0.25) is 0 Å². The van der Waals surface area contributed by atoms with Crippen LogP contribution in [0.5, 0.6) is 0 Å². The van der Waals surface area contributed by atoms with Crippen molar-refractivity contribution in [3.63, 3.8) is 0 Å². The molecule has 0 radical (unpaired) electrons. The van der Waals surface area contributed by atoms with Crippen LogP contribution in [0.4, 0.5) is 0 Å². The zero-order valence-corrected chi connectivity index (χ0v) is 6.84. The van der Waals surface area contributed by atoms with Crippen molar-refractivity contribution in [3.05, 3.63) is 47.9 Å². The molecular weight excluding hydrogens is 168 g/mol. The molecule has 0 aliphatic carbocycles. The molecule has 2 rings (SSSR count). The highest BCUT2D eigenvalue weighted by Crippen LogP contribution is 2.26. The minimum absolute atomic E-state index is 0.230. The lowest BCUT2D eigenvalue weighted by Crippen LogP contribution is -1.98. The van der Waals surface area contributed by atoms with E-state index in [1.807, 2.05) is 30.3 Å². The van der Waals surface area contributed by atoms with Crippen molar-refractivity contribution in [1.82, 2.24) is 0 Å². The van der Waals surface area contributed by atoms with Crippen molar-refractivity contribution < 1.29 is 14.3 Å². The van der Waals surface area contributed by atoms with Gasteiger partial charge in [0.2, 0.25) is 0 Å². The summed E-state index contributed by atoms with van der Waals surface area (Å²) >= 11 is 0. The van der Waals surface area contributed by atoms with Gasteiger partial charge in [-0.3, -0.25) is 4.79 Å². The highest BCUT2D eigenvalue weighted by Gasteiger charge is 2.20. The number of allylic oxidation sites excluding steroid dienone is 1. The number of hydrogen-bond donors (Lipinski definition) is 0. The summed E-state index contributed by atoms with van der Waals surface area (Å²) in [6, 6.07) is 9.45. The van der Waals surface area contributed by atoms with Gasteiger partial charge in [0.25, 0.3) is 6.29 Å². The summed E-state index contributed by atoms with van der Waals surface area (Å²) in [5.41, 5.74) is 0.899. The van der Waals surface area contributed by atoms with E-state index in [1.165, 1.54) is 6.26 Å². The van der Waals surface area contributed by atoms with E-state index in [0.29, 0.717) is 6.29 Å². The van der Waals surface area contributed by atoms with Gasteiger partial charge in [-0.05, 0) is 0 Å². The third kappa shape index (κ3) is 1.54. The molecule has 0 saturated heterocycles. The van der Waals surface area contributed by atoms with E-state index < -0.39 is 6.29 Å². The molecule has 0 bridgehead atoms. The normalized spacial score (nSPS) is 20.0. The maximum Gasteiger partial charge on any atom is 0.267 e. The fourth-order valence-corrected chi connectivity index (χ4v) is 1.12. The number of hydrogen-bond acceptors (Lipinski definition) is 3. The largest absolute Gasteiger partial charge is 0.454 e. The van der Waals surface area contributed by atoms with E-state index in [1.54, 1.807) is 0 Å². The third-order valence-electron chi connectivity index (χ3n) is 1.74. The van der Waals surface area contributed by atoms with Crippen LogP contribution in [-0.2, 0) is 14.3 Å². The second-order valence-electron chi connectivity index (χ2n) is 2.63. The van der Waals surface area contributed by atoms with Gasteiger partial charge in [-0.25, -0.2) is 0 Å². The Labute approximate surface area is 75.6 Å². The number of rotatable bonds is 2. The fraction of sp³-hybridized carbons (Fsp3) is 0.100. The first-order valence-electron chi connectivity index (χ1n) is 3.92. The van der Waals surface area contributed by atoms with Crippen LogP contribution in [0.1, 0.15) is 11.9 Å². The molecule has 1 unspecified atom stereocenters. The number of ether oxygens (including phenoxy) is 2. The number of carbonyl (C=O) groups excluding carboxylic acids is 1. The maximum absolute atomic E-state index is 10.3. The first-order chi connectivity index (χ1) is 6.40. The zero-order valence-electron chi connectivity index (χ0n) is 6.84. The molecule has 66 valence electrons. The Kier molecular flexibility index (Phi) is 2.00. The van der Waals surface area contributed by atoms with Crippen molar-refractivity contribution in [3.8, 4) is 0 Å². The van der Waals surface area contributed by atoms with Crippen LogP contribution in [0.3, 0.4) is 0 Å². The van der Waals surface area contributed by atoms with Crippen molar-refractivity contribution in [2.24, 2.45) is 0 Å². The summed E-state index contributed by atoms with van der Waals surface area (Å²) in [7, 11) is 0. The van der Waals surface area contributed by atoms with Crippen LogP contribution in [0.15, 0.2) is 42.4 Å². The summed E-state index contributed by atoms with van der Waals surface area (Å²) in [6.07, 6.45) is 1.48. The molecule has 3 heteroatoms. The second-order valence-corrected chi connectivity index (χ2v) is 2.63. The molecule has 0 amide bonds. The molecular formula is C10H8O3. The van der Waals surface area contributed by atoms with Gasteiger partial charge in [-0.2, -0.15) is 0 Å². The quantitative estimate of drug-likeness (QED) is 0.644. The smallest absolute Gasteiger partial charge is 0.267 e. The summed E-state index contributed by atoms with van der Waals surface area (Å²) < 4.78 is 10.3. The topological polar surface area (TPSA) is 35.5 Å². The molecule has 3 nitrogen and oxygen atoms in total. The zero-order chi connectivity index (χ0) is 9.10. The lowest BCUT2D eigenvalue weighted by Gasteiger charge is -2.09. The van der Waals surface area contributed by atoms with E-state index in [9.17, 15) is 4.79 Å². The first kappa shape index (κ1) is 7.86. The molecule has 0 aromatic heterocycles. The van der Waals surface area contributed by atoms with Crippen LogP contribution >= 0.6 is 0 Å². The van der Waals surface area contributed by atoms with Crippen molar-refractivity contribution >= 4 is 6.29 Å². The van der Waals surface area contributed by atoms with Gasteiger partial charge >= 0.3 is 0 Å². The lowest BCUT2D eigenvalue weighted by molar-refractivity contribution is -0.110. The van der Waals surface area contributed by atoms with E-state index in [0.717, 1.165) is 5.56 Å². The van der Waals surface area contributed by atoms with Gasteiger partial charge in [0, 0.05) is 5.56 Å². The molecule has 1 heterocycles. The number of carbonyl (C=O) groups is 1. The third-order valence-corrected chi connectivity index (χ3v) is 1.74. The minimum atomic E-state index is -0.471. The summed E-state index contributed by atoms with van der Waals surface area (Å²) in [5.74, 6) is 0.230. The highest BCUT2D eigenvalue weighted by molar-refractivity contribution is 5.70. The SMILES string of the molecule is O=CC1=COC(c2ccccc2)O1. The Hall–Kier alpha value is -1.77. The maximum atomic E-state index is 10.3. The summed E-state index contributed by atoms with van der Waals surface area (Å²) in [4.78, 5) is 10.3. The van der Waals surface area contributed by atoms with Crippen LogP contribution in [0, 0.1) is 0 Å². The van der Waals surface area contributed by atoms with E-state index >= 15 is 0 Å². The molecule has 0 N–H and O–H groups in total. The summed E-state index contributed by atoms with van der Waals surface area (Å²) in [5, 5.41) is 0. The molecule has 0 spiro atoms. The van der Waals surface area contributed by atoms with Gasteiger partial charge in [-0.15, -0.1) is 0 Å². The van der Waals surface area contributed by atoms with E-state index in [-0.39, 0.29) is 5.76 Å². The Morgan fingerprint density at radius 1 is 1.23 bits per heavy atom. The van der Waals surface area contributed by atoms with Crippen LogP contribution in [0.25, 0.3) is 0 Å². The molecule has 0 saturated carbocycles. The Morgan fingerprint density at radius 2 is 2.00 bits per heavy atom. The van der Waals surface area contributed by atoms with E-state index in [2.05, 4.69) is 0 Å². The van der Waals surface area contributed by atoms with Gasteiger partial charge in [0.15, 0.2) is 12.0 Å². The molecule has 1 aromatic carbocycles. The van der Waals surface area contributed by atoms with Gasteiger partial charge < -0.3 is 9.47 Å². The summed E-state index contributed by atoms with van der Waals surface area (Å²) in [6.45, 7) is 0. The van der Waals surface area contributed by atoms with Gasteiger partial charge in [0.1, 0.15) is 6.26 Å². The van der Waals surface area contributed by atoms with Crippen molar-refractivity contribution in [2.75, 3.05) is 0 Å². The minimum Gasteiger partial charge on any atom is -0.454 e. The Morgan fingerprint density at radius 3 is 2.62 bits per heavy atom. The van der Waals surface area contributed by atoms with Gasteiger partial charge in [0.05, 0.1) is 0 Å². The highest BCUT2D eigenvalue weighted by atomic mass is 16.7. The Bertz CT molecular complexity index is 329. The molecule has 1 aromatic rings. The van der Waals surface area contributed by atoms with Crippen molar-refractivity contribution in [2.45, 2.75) is 6.29 Å². The molecule has 13 heavy (non-hydrogen) atoms. The predicted octanol–water partition coefficient (Wildman–Crippen LogP) is 1.77. The fourth-order valence-electron chi connectivity index (χ4n) is 1.12. The first-order valence-corrected chi connectivity index (χ1v) is 3.92. The van der Waals surface area contributed by atoms with Gasteiger partial charge in [-0.1, -0.05) is 30.3 Å². The second kappa shape index (κ2) is 3.31. The van der Waals surface area contributed by atoms with Crippen LogP contribution < -0.4 is 0 Å². The molecule has 1 aliphatic rings. The number of aldehydes is 1. The average molecular weight is 176 g/mol. The molecule has 0 fully saturated rings. The monoisotopic (exact) mass is 176 g/mol.